The van der Waals surface area contributed by atoms with Crippen molar-refractivity contribution in [2.24, 2.45) is 0 Å². The SMILES string of the molecule is CCC(=O)NCc1ccc(C#N)cc1Cl. The zero-order valence-corrected chi connectivity index (χ0v) is 9.14. The molecule has 1 rings (SSSR count). The van der Waals surface area contributed by atoms with Gasteiger partial charge in [0.2, 0.25) is 5.91 Å². The molecule has 1 aromatic rings. The minimum absolute atomic E-state index is 0.0181. The first kappa shape index (κ1) is 11.5. The van der Waals surface area contributed by atoms with E-state index in [-0.39, 0.29) is 5.91 Å². The zero-order valence-electron chi connectivity index (χ0n) is 8.38. The van der Waals surface area contributed by atoms with Crippen LogP contribution in [0.25, 0.3) is 0 Å². The Balaban J connectivity index is 2.71. The average Bonchev–Trinajstić information content (AvgIpc) is 2.26. The van der Waals surface area contributed by atoms with Crippen LogP contribution in [0.2, 0.25) is 5.02 Å². The molecule has 0 unspecified atom stereocenters. The van der Waals surface area contributed by atoms with Gasteiger partial charge in [0.1, 0.15) is 0 Å². The summed E-state index contributed by atoms with van der Waals surface area (Å²) in [6.45, 7) is 2.19. The molecule has 0 heterocycles. The molecular weight excluding hydrogens is 212 g/mol. The van der Waals surface area contributed by atoms with E-state index in [0.29, 0.717) is 23.6 Å². The van der Waals surface area contributed by atoms with E-state index < -0.39 is 0 Å². The fourth-order valence-electron chi connectivity index (χ4n) is 1.08. The molecule has 1 amide bonds. The Morgan fingerprint density at radius 3 is 2.87 bits per heavy atom. The van der Waals surface area contributed by atoms with E-state index in [1.165, 1.54) is 0 Å². The molecule has 0 spiro atoms. The van der Waals surface area contributed by atoms with E-state index >= 15 is 0 Å². The van der Waals surface area contributed by atoms with Gasteiger partial charge in [0.25, 0.3) is 0 Å². The minimum atomic E-state index is -0.0181. The molecule has 0 aliphatic carbocycles. The second kappa shape index (κ2) is 5.38. The van der Waals surface area contributed by atoms with Crippen LogP contribution in [0.5, 0.6) is 0 Å². The van der Waals surface area contributed by atoms with E-state index in [9.17, 15) is 4.79 Å². The van der Waals surface area contributed by atoms with Crippen LogP contribution in [0.1, 0.15) is 24.5 Å². The third kappa shape index (κ3) is 3.26. The van der Waals surface area contributed by atoms with Gasteiger partial charge in [-0.15, -0.1) is 0 Å². The van der Waals surface area contributed by atoms with Gasteiger partial charge in [-0.05, 0) is 17.7 Å². The summed E-state index contributed by atoms with van der Waals surface area (Å²) >= 11 is 5.93. The van der Waals surface area contributed by atoms with Gasteiger partial charge in [0.05, 0.1) is 11.6 Å². The van der Waals surface area contributed by atoms with Crippen LogP contribution >= 0.6 is 11.6 Å². The monoisotopic (exact) mass is 222 g/mol. The maximum Gasteiger partial charge on any atom is 0.219 e. The van der Waals surface area contributed by atoms with Crippen molar-refractivity contribution in [1.29, 1.82) is 5.26 Å². The van der Waals surface area contributed by atoms with Crippen molar-refractivity contribution in [3.63, 3.8) is 0 Å². The summed E-state index contributed by atoms with van der Waals surface area (Å²) in [5.41, 5.74) is 1.34. The van der Waals surface area contributed by atoms with Gasteiger partial charge >= 0.3 is 0 Å². The molecule has 0 aliphatic heterocycles. The average molecular weight is 223 g/mol. The van der Waals surface area contributed by atoms with Crippen LogP contribution < -0.4 is 5.32 Å². The molecule has 1 aromatic carbocycles. The van der Waals surface area contributed by atoms with Crippen LogP contribution in [0.15, 0.2) is 18.2 Å². The summed E-state index contributed by atoms with van der Waals surface area (Å²) in [7, 11) is 0. The molecule has 15 heavy (non-hydrogen) atoms. The number of carbonyl (C=O) groups is 1. The molecule has 0 saturated heterocycles. The summed E-state index contributed by atoms with van der Waals surface area (Å²) in [5, 5.41) is 11.9. The Morgan fingerprint density at radius 1 is 1.60 bits per heavy atom. The molecule has 1 N–H and O–H groups in total. The fraction of sp³-hybridized carbons (Fsp3) is 0.273. The number of nitriles is 1. The Kier molecular flexibility index (Phi) is 4.14. The highest BCUT2D eigenvalue weighted by molar-refractivity contribution is 6.31. The first-order valence-corrected chi connectivity index (χ1v) is 5.00. The molecule has 0 atom stereocenters. The number of halogens is 1. The third-order valence-corrected chi connectivity index (χ3v) is 2.33. The van der Waals surface area contributed by atoms with E-state index in [1.807, 2.05) is 6.07 Å². The third-order valence-electron chi connectivity index (χ3n) is 1.98. The summed E-state index contributed by atoms with van der Waals surface area (Å²) in [6.07, 6.45) is 0.452. The van der Waals surface area contributed by atoms with Gasteiger partial charge in [-0.1, -0.05) is 24.6 Å². The number of carbonyl (C=O) groups excluding carboxylic acids is 1. The predicted octanol–water partition coefficient (Wildman–Crippen LogP) is 2.24. The predicted molar refractivity (Wildman–Crippen MR) is 58.3 cm³/mol. The first-order chi connectivity index (χ1) is 7.17. The topological polar surface area (TPSA) is 52.9 Å². The molecular formula is C11H11ClN2O. The first-order valence-electron chi connectivity index (χ1n) is 4.62. The molecule has 3 nitrogen and oxygen atoms in total. The maximum atomic E-state index is 11.0. The van der Waals surface area contributed by atoms with Crippen molar-refractivity contribution < 1.29 is 4.79 Å². The summed E-state index contributed by atoms with van der Waals surface area (Å²) < 4.78 is 0. The van der Waals surface area contributed by atoms with Crippen molar-refractivity contribution in [2.75, 3.05) is 0 Å². The van der Waals surface area contributed by atoms with Crippen molar-refractivity contribution in [3.8, 4) is 6.07 Å². The van der Waals surface area contributed by atoms with Crippen LogP contribution in [0, 0.1) is 11.3 Å². The van der Waals surface area contributed by atoms with Crippen molar-refractivity contribution in [3.05, 3.63) is 34.3 Å². The lowest BCUT2D eigenvalue weighted by Gasteiger charge is -2.05. The molecule has 0 bridgehead atoms. The van der Waals surface area contributed by atoms with Gasteiger partial charge in [0, 0.05) is 18.0 Å². The molecule has 0 saturated carbocycles. The number of amides is 1. The number of hydrogen-bond donors (Lipinski definition) is 1. The number of nitrogens with one attached hydrogen (secondary N) is 1. The van der Waals surface area contributed by atoms with E-state index in [0.717, 1.165) is 5.56 Å². The minimum Gasteiger partial charge on any atom is -0.352 e. The van der Waals surface area contributed by atoms with Gasteiger partial charge in [-0.25, -0.2) is 0 Å². The van der Waals surface area contributed by atoms with Crippen LogP contribution in [0.3, 0.4) is 0 Å². The van der Waals surface area contributed by atoms with Crippen LogP contribution in [-0.2, 0) is 11.3 Å². The van der Waals surface area contributed by atoms with E-state index in [1.54, 1.807) is 25.1 Å². The summed E-state index contributed by atoms with van der Waals surface area (Å²) in [5.74, 6) is -0.0181. The highest BCUT2D eigenvalue weighted by atomic mass is 35.5. The van der Waals surface area contributed by atoms with Crippen molar-refractivity contribution in [2.45, 2.75) is 19.9 Å². The maximum absolute atomic E-state index is 11.0. The van der Waals surface area contributed by atoms with Crippen LogP contribution in [0.4, 0.5) is 0 Å². The van der Waals surface area contributed by atoms with Crippen molar-refractivity contribution in [1.82, 2.24) is 5.32 Å². The van der Waals surface area contributed by atoms with Gasteiger partial charge < -0.3 is 5.32 Å². The Labute approximate surface area is 93.7 Å². The molecule has 0 aromatic heterocycles. The largest absolute Gasteiger partial charge is 0.352 e. The van der Waals surface area contributed by atoms with Crippen LogP contribution in [-0.4, -0.2) is 5.91 Å². The zero-order chi connectivity index (χ0) is 11.3. The fourth-order valence-corrected chi connectivity index (χ4v) is 1.33. The van der Waals surface area contributed by atoms with Gasteiger partial charge in [-0.3, -0.25) is 4.79 Å². The lowest BCUT2D eigenvalue weighted by atomic mass is 10.1. The quantitative estimate of drug-likeness (QED) is 0.853. The lowest BCUT2D eigenvalue weighted by molar-refractivity contribution is -0.120. The normalized spacial score (nSPS) is 9.40. The van der Waals surface area contributed by atoms with Gasteiger partial charge in [-0.2, -0.15) is 5.26 Å². The number of nitrogens with zero attached hydrogens (tertiary/aromatic N) is 1. The van der Waals surface area contributed by atoms with Gasteiger partial charge in [0.15, 0.2) is 0 Å². The number of hydrogen-bond acceptors (Lipinski definition) is 2. The molecule has 78 valence electrons. The van der Waals surface area contributed by atoms with E-state index in [2.05, 4.69) is 5.32 Å². The molecule has 0 fully saturated rings. The Bertz CT molecular complexity index is 410. The smallest absolute Gasteiger partial charge is 0.219 e. The standard InChI is InChI=1S/C11H11ClN2O/c1-2-11(15)14-7-9-4-3-8(6-13)5-10(9)12/h3-5H,2,7H2,1H3,(H,14,15). The Hall–Kier alpha value is -1.53. The second-order valence-electron chi connectivity index (χ2n) is 3.05. The Morgan fingerprint density at radius 2 is 2.33 bits per heavy atom. The number of rotatable bonds is 3. The molecule has 0 radical (unpaired) electrons. The summed E-state index contributed by atoms with van der Waals surface area (Å²) in [6, 6.07) is 7.02. The second-order valence-corrected chi connectivity index (χ2v) is 3.46. The molecule has 4 heteroatoms. The number of benzene rings is 1. The lowest BCUT2D eigenvalue weighted by Crippen LogP contribution is -2.21. The summed E-state index contributed by atoms with van der Waals surface area (Å²) in [4.78, 5) is 11.0. The highest BCUT2D eigenvalue weighted by Crippen LogP contribution is 2.17. The highest BCUT2D eigenvalue weighted by Gasteiger charge is 2.03. The van der Waals surface area contributed by atoms with E-state index in [4.69, 9.17) is 16.9 Å². The van der Waals surface area contributed by atoms with Crippen molar-refractivity contribution >= 4 is 17.5 Å². The molecule has 0 aliphatic rings.